The Morgan fingerprint density at radius 3 is 2.47 bits per heavy atom. The van der Waals surface area contributed by atoms with E-state index in [0.29, 0.717) is 31.9 Å². The van der Waals surface area contributed by atoms with Gasteiger partial charge in [-0.05, 0) is 24.3 Å². The number of benzene rings is 2. The molecule has 6 heteroatoms. The summed E-state index contributed by atoms with van der Waals surface area (Å²) in [6.07, 6.45) is 0. The fraction of sp³-hybridized carbons (Fsp3) is 0. The third-order valence-electron chi connectivity index (χ3n) is 2.48. The van der Waals surface area contributed by atoms with Gasteiger partial charge in [0.15, 0.2) is 0 Å². The fourth-order valence-corrected chi connectivity index (χ4v) is 2.27. The summed E-state index contributed by atoms with van der Waals surface area (Å²) < 4.78 is 0. The second-order valence-electron chi connectivity index (χ2n) is 3.78. The minimum Gasteiger partial charge on any atom is -0.351 e. The van der Waals surface area contributed by atoms with Gasteiger partial charge in [0.2, 0.25) is 0 Å². The molecule has 0 saturated carbocycles. The first-order chi connectivity index (χ1) is 8.99. The molecule has 0 spiro atoms. The lowest BCUT2D eigenvalue weighted by molar-refractivity contribution is 0.259. The Kier molecular flexibility index (Phi) is 4.20. The number of rotatable bonds is 2. The van der Waals surface area contributed by atoms with E-state index in [9.17, 15) is 4.79 Å². The molecule has 0 aromatic heterocycles. The normalized spacial score (nSPS) is 10.3. The van der Waals surface area contributed by atoms with E-state index < -0.39 is 6.03 Å². The number of nitrogens with one attached hydrogen (secondary N) is 1. The van der Waals surface area contributed by atoms with Crippen molar-refractivity contribution in [1.29, 1.82) is 0 Å². The minimum atomic E-state index is -0.665. The minimum absolute atomic E-state index is 0.388. The second kappa shape index (κ2) is 5.70. The van der Waals surface area contributed by atoms with Crippen molar-refractivity contribution in [2.24, 2.45) is 5.73 Å². The van der Waals surface area contributed by atoms with E-state index in [1.165, 1.54) is 0 Å². The quantitative estimate of drug-likeness (QED) is 0.821. The van der Waals surface area contributed by atoms with Crippen LogP contribution in [0.25, 0.3) is 11.1 Å². The van der Waals surface area contributed by atoms with Crippen LogP contribution in [0.4, 0.5) is 10.5 Å². The topological polar surface area (TPSA) is 55.1 Å². The molecule has 98 valence electrons. The van der Waals surface area contributed by atoms with Gasteiger partial charge in [0.05, 0.1) is 15.7 Å². The van der Waals surface area contributed by atoms with Crippen molar-refractivity contribution in [2.45, 2.75) is 0 Å². The molecule has 3 nitrogen and oxygen atoms in total. The van der Waals surface area contributed by atoms with Crippen LogP contribution in [-0.2, 0) is 0 Å². The molecular formula is C13H9Cl3N2O. The van der Waals surface area contributed by atoms with E-state index in [-0.39, 0.29) is 0 Å². The maximum absolute atomic E-state index is 11.0. The van der Waals surface area contributed by atoms with Gasteiger partial charge < -0.3 is 11.1 Å². The van der Waals surface area contributed by atoms with Gasteiger partial charge in [0, 0.05) is 16.1 Å². The lowest BCUT2D eigenvalue weighted by Crippen LogP contribution is -2.19. The summed E-state index contributed by atoms with van der Waals surface area (Å²) in [7, 11) is 0. The van der Waals surface area contributed by atoms with E-state index in [1.54, 1.807) is 36.4 Å². The van der Waals surface area contributed by atoms with E-state index in [2.05, 4.69) is 5.32 Å². The van der Waals surface area contributed by atoms with Gasteiger partial charge in [-0.15, -0.1) is 0 Å². The number of primary amides is 1. The summed E-state index contributed by atoms with van der Waals surface area (Å²) in [4.78, 5) is 11.0. The van der Waals surface area contributed by atoms with E-state index in [1.807, 2.05) is 0 Å². The summed E-state index contributed by atoms with van der Waals surface area (Å²) in [6.45, 7) is 0. The Hall–Kier alpha value is -1.42. The van der Waals surface area contributed by atoms with Crippen LogP contribution in [0.2, 0.25) is 15.1 Å². The molecule has 0 bridgehead atoms. The van der Waals surface area contributed by atoms with Crippen molar-refractivity contribution < 1.29 is 4.79 Å². The Morgan fingerprint density at radius 1 is 1.05 bits per heavy atom. The van der Waals surface area contributed by atoms with Crippen LogP contribution >= 0.6 is 34.8 Å². The number of anilines is 1. The first-order valence-electron chi connectivity index (χ1n) is 5.29. The second-order valence-corrected chi connectivity index (χ2v) is 5.00. The smallest absolute Gasteiger partial charge is 0.316 e. The number of hydrogen-bond acceptors (Lipinski definition) is 1. The highest BCUT2D eigenvalue weighted by Gasteiger charge is 2.12. The molecule has 0 radical (unpaired) electrons. The molecule has 0 aliphatic heterocycles. The maximum atomic E-state index is 11.0. The zero-order valence-electron chi connectivity index (χ0n) is 9.58. The molecule has 19 heavy (non-hydrogen) atoms. The predicted octanol–water partition coefficient (Wildman–Crippen LogP) is 4.80. The lowest BCUT2D eigenvalue weighted by Gasteiger charge is -2.12. The van der Waals surface area contributed by atoms with Gasteiger partial charge in [0.1, 0.15) is 0 Å². The molecule has 0 atom stereocenters. The van der Waals surface area contributed by atoms with Crippen LogP contribution in [0.3, 0.4) is 0 Å². The van der Waals surface area contributed by atoms with Crippen LogP contribution in [-0.4, -0.2) is 6.03 Å². The standard InChI is InChI=1S/C13H9Cl3N2O/c14-7-4-5-11(18-13(17)19)9(6-7)8-2-1-3-10(15)12(8)16/h1-6H,(H3,17,18,19). The van der Waals surface area contributed by atoms with Crippen LogP contribution in [0.1, 0.15) is 0 Å². The first kappa shape index (κ1) is 14.0. The number of carbonyl (C=O) groups excluding carboxylic acids is 1. The fourth-order valence-electron chi connectivity index (χ4n) is 1.69. The van der Waals surface area contributed by atoms with Crippen LogP contribution in [0.15, 0.2) is 36.4 Å². The summed E-state index contributed by atoms with van der Waals surface area (Å²) in [5.41, 5.74) is 6.97. The molecule has 2 amide bonds. The van der Waals surface area contributed by atoms with Crippen molar-refractivity contribution in [3.63, 3.8) is 0 Å². The highest BCUT2D eigenvalue weighted by atomic mass is 35.5. The molecule has 2 rings (SSSR count). The van der Waals surface area contributed by atoms with Gasteiger partial charge in [0.25, 0.3) is 0 Å². The third kappa shape index (κ3) is 3.13. The molecule has 3 N–H and O–H groups in total. The van der Waals surface area contributed by atoms with Crippen molar-refractivity contribution >= 4 is 46.5 Å². The molecule has 2 aromatic rings. The van der Waals surface area contributed by atoms with Crippen molar-refractivity contribution in [3.8, 4) is 11.1 Å². The van der Waals surface area contributed by atoms with Gasteiger partial charge in [-0.1, -0.05) is 46.9 Å². The SMILES string of the molecule is NC(=O)Nc1ccc(Cl)cc1-c1cccc(Cl)c1Cl. The summed E-state index contributed by atoms with van der Waals surface area (Å²) >= 11 is 18.1. The van der Waals surface area contributed by atoms with E-state index >= 15 is 0 Å². The number of urea groups is 1. The first-order valence-corrected chi connectivity index (χ1v) is 6.43. The third-order valence-corrected chi connectivity index (χ3v) is 3.54. The maximum Gasteiger partial charge on any atom is 0.316 e. The van der Waals surface area contributed by atoms with Crippen LogP contribution in [0.5, 0.6) is 0 Å². The Balaban J connectivity index is 2.62. The van der Waals surface area contributed by atoms with Crippen LogP contribution < -0.4 is 11.1 Å². The molecule has 0 fully saturated rings. The number of nitrogens with two attached hydrogens (primary N) is 1. The van der Waals surface area contributed by atoms with Crippen molar-refractivity contribution in [3.05, 3.63) is 51.5 Å². The number of hydrogen-bond donors (Lipinski definition) is 2. The zero-order valence-corrected chi connectivity index (χ0v) is 11.9. The highest BCUT2D eigenvalue weighted by Crippen LogP contribution is 2.38. The molecule has 0 heterocycles. The van der Waals surface area contributed by atoms with Gasteiger partial charge >= 0.3 is 6.03 Å². The van der Waals surface area contributed by atoms with Gasteiger partial charge in [-0.3, -0.25) is 0 Å². The Morgan fingerprint density at radius 2 is 1.79 bits per heavy atom. The van der Waals surface area contributed by atoms with E-state index in [0.717, 1.165) is 0 Å². The zero-order chi connectivity index (χ0) is 14.0. The van der Waals surface area contributed by atoms with Crippen molar-refractivity contribution in [1.82, 2.24) is 0 Å². The van der Waals surface area contributed by atoms with Crippen molar-refractivity contribution in [2.75, 3.05) is 5.32 Å². The predicted molar refractivity (Wildman–Crippen MR) is 80.1 cm³/mol. The molecule has 0 unspecified atom stereocenters. The lowest BCUT2D eigenvalue weighted by atomic mass is 10.0. The van der Waals surface area contributed by atoms with E-state index in [4.69, 9.17) is 40.5 Å². The summed E-state index contributed by atoms with van der Waals surface area (Å²) in [6, 6.07) is 9.55. The number of carbonyl (C=O) groups is 1. The Bertz CT molecular complexity index is 644. The van der Waals surface area contributed by atoms with Gasteiger partial charge in [-0.2, -0.15) is 0 Å². The van der Waals surface area contributed by atoms with Gasteiger partial charge in [-0.25, -0.2) is 4.79 Å². The monoisotopic (exact) mass is 314 g/mol. The number of halogens is 3. The summed E-state index contributed by atoms with van der Waals surface area (Å²) in [5, 5.41) is 3.85. The molecule has 0 saturated heterocycles. The average Bonchev–Trinajstić information content (AvgIpc) is 2.35. The van der Waals surface area contributed by atoms with Crippen LogP contribution in [0, 0.1) is 0 Å². The summed E-state index contributed by atoms with van der Waals surface area (Å²) in [5.74, 6) is 0. The number of amides is 2. The molecule has 0 aliphatic rings. The molecule has 2 aromatic carbocycles. The largest absolute Gasteiger partial charge is 0.351 e. The highest BCUT2D eigenvalue weighted by molar-refractivity contribution is 6.44. The average molecular weight is 316 g/mol. The Labute approximate surface area is 125 Å². The molecule has 0 aliphatic carbocycles. The molecular weight excluding hydrogens is 307 g/mol.